The van der Waals surface area contributed by atoms with E-state index in [2.05, 4.69) is 5.32 Å². The Morgan fingerprint density at radius 1 is 0.880 bits per heavy atom. The largest absolute Gasteiger partial charge is 0.479 e. The number of amides is 1. The molecule has 0 aliphatic carbocycles. The Hall–Kier alpha value is -3.18. The molecule has 0 saturated heterocycles. The van der Waals surface area contributed by atoms with Crippen molar-refractivity contribution in [3.63, 3.8) is 0 Å². The van der Waals surface area contributed by atoms with Crippen LogP contribution in [-0.2, 0) is 9.59 Å². The maximum Gasteiger partial charge on any atom is 0.330 e. The van der Waals surface area contributed by atoms with E-state index in [0.717, 1.165) is 10.8 Å². The smallest absolute Gasteiger partial charge is 0.330 e. The highest BCUT2D eigenvalue weighted by atomic mass is 16.4. The standard InChI is InChI=1S/C20H18N2O3/c21-17(14-8-2-1-3-9-14)19(23)22-18(20(24)25)16-12-6-10-13-7-4-5-11-15(13)16/h1-12,17-18H,21H2,(H,22,23)(H,24,25)/t17-,18-/m1/s1. The summed E-state index contributed by atoms with van der Waals surface area (Å²) in [6.45, 7) is 0. The number of nitrogens with two attached hydrogens (primary N) is 1. The van der Waals surface area contributed by atoms with Gasteiger partial charge in [-0.2, -0.15) is 0 Å². The van der Waals surface area contributed by atoms with Gasteiger partial charge >= 0.3 is 5.97 Å². The normalized spacial score (nSPS) is 13.2. The Balaban J connectivity index is 1.92. The Kier molecular flexibility index (Phi) is 4.77. The Morgan fingerprint density at radius 2 is 1.52 bits per heavy atom. The van der Waals surface area contributed by atoms with Crippen molar-refractivity contribution in [1.29, 1.82) is 0 Å². The fourth-order valence-corrected chi connectivity index (χ4v) is 2.82. The van der Waals surface area contributed by atoms with Crippen molar-refractivity contribution in [3.8, 4) is 0 Å². The van der Waals surface area contributed by atoms with Crippen LogP contribution in [0.4, 0.5) is 0 Å². The summed E-state index contributed by atoms with van der Waals surface area (Å²) in [5, 5.41) is 13.9. The number of rotatable bonds is 5. The molecule has 0 bridgehead atoms. The van der Waals surface area contributed by atoms with Crippen LogP contribution in [0.3, 0.4) is 0 Å². The van der Waals surface area contributed by atoms with Gasteiger partial charge in [-0.25, -0.2) is 4.79 Å². The molecule has 1 amide bonds. The van der Waals surface area contributed by atoms with Crippen molar-refractivity contribution in [2.24, 2.45) is 5.73 Å². The molecule has 0 unspecified atom stereocenters. The number of benzene rings is 3. The van der Waals surface area contributed by atoms with Crippen LogP contribution in [0.15, 0.2) is 72.8 Å². The van der Waals surface area contributed by atoms with Crippen LogP contribution >= 0.6 is 0 Å². The van der Waals surface area contributed by atoms with Gasteiger partial charge in [0.25, 0.3) is 0 Å². The third kappa shape index (κ3) is 3.51. The molecular weight excluding hydrogens is 316 g/mol. The molecule has 0 saturated carbocycles. The molecule has 4 N–H and O–H groups in total. The molecule has 0 aromatic heterocycles. The number of hydrogen-bond donors (Lipinski definition) is 3. The van der Waals surface area contributed by atoms with Crippen molar-refractivity contribution < 1.29 is 14.7 Å². The van der Waals surface area contributed by atoms with Crippen LogP contribution in [0.5, 0.6) is 0 Å². The summed E-state index contributed by atoms with van der Waals surface area (Å²) in [6, 6.07) is 19.6. The van der Waals surface area contributed by atoms with E-state index in [4.69, 9.17) is 5.73 Å². The fraction of sp³-hybridized carbons (Fsp3) is 0.100. The van der Waals surface area contributed by atoms with E-state index in [1.54, 1.807) is 36.4 Å². The summed E-state index contributed by atoms with van der Waals surface area (Å²) in [7, 11) is 0. The van der Waals surface area contributed by atoms with Gasteiger partial charge < -0.3 is 16.2 Å². The summed E-state index contributed by atoms with van der Waals surface area (Å²) in [5.74, 6) is -1.67. The van der Waals surface area contributed by atoms with E-state index in [0.29, 0.717) is 11.1 Å². The summed E-state index contributed by atoms with van der Waals surface area (Å²) < 4.78 is 0. The molecule has 126 valence electrons. The van der Waals surface area contributed by atoms with Crippen molar-refractivity contribution in [1.82, 2.24) is 5.32 Å². The van der Waals surface area contributed by atoms with E-state index in [1.807, 2.05) is 36.4 Å². The average molecular weight is 334 g/mol. The van der Waals surface area contributed by atoms with Gasteiger partial charge in [0.15, 0.2) is 6.04 Å². The fourth-order valence-electron chi connectivity index (χ4n) is 2.82. The Morgan fingerprint density at radius 3 is 2.24 bits per heavy atom. The minimum atomic E-state index is -1.17. The molecule has 0 aliphatic rings. The monoisotopic (exact) mass is 334 g/mol. The summed E-state index contributed by atoms with van der Waals surface area (Å²) >= 11 is 0. The van der Waals surface area contributed by atoms with Crippen LogP contribution in [0.2, 0.25) is 0 Å². The van der Waals surface area contributed by atoms with Crippen LogP contribution in [0, 0.1) is 0 Å². The molecule has 3 aromatic rings. The van der Waals surface area contributed by atoms with Crippen molar-refractivity contribution in [2.45, 2.75) is 12.1 Å². The van der Waals surface area contributed by atoms with Crippen molar-refractivity contribution >= 4 is 22.6 Å². The number of nitrogens with one attached hydrogen (secondary N) is 1. The second-order valence-electron chi connectivity index (χ2n) is 5.74. The SMILES string of the molecule is N[C@@H](C(=O)N[C@@H](C(=O)O)c1cccc2ccccc12)c1ccccc1. The number of fused-ring (bicyclic) bond motifs is 1. The summed E-state index contributed by atoms with van der Waals surface area (Å²) in [5.41, 5.74) is 7.13. The number of carbonyl (C=O) groups is 2. The maximum absolute atomic E-state index is 12.5. The van der Waals surface area contributed by atoms with Crippen LogP contribution in [-0.4, -0.2) is 17.0 Å². The van der Waals surface area contributed by atoms with Crippen LogP contribution in [0.25, 0.3) is 10.8 Å². The van der Waals surface area contributed by atoms with E-state index < -0.39 is 24.0 Å². The molecule has 2 atom stereocenters. The van der Waals surface area contributed by atoms with Crippen molar-refractivity contribution in [2.75, 3.05) is 0 Å². The van der Waals surface area contributed by atoms with E-state index in [-0.39, 0.29) is 0 Å². The molecule has 5 heteroatoms. The van der Waals surface area contributed by atoms with Gasteiger partial charge in [-0.1, -0.05) is 72.8 Å². The summed E-state index contributed by atoms with van der Waals surface area (Å²) in [6.07, 6.45) is 0. The molecular formula is C20H18N2O3. The molecule has 0 fully saturated rings. The van der Waals surface area contributed by atoms with E-state index >= 15 is 0 Å². The number of carboxylic acids is 1. The number of carboxylic acid groups (broad SMARTS) is 1. The zero-order valence-electron chi connectivity index (χ0n) is 13.4. The van der Waals surface area contributed by atoms with Gasteiger partial charge in [0.05, 0.1) is 0 Å². The van der Waals surface area contributed by atoms with Gasteiger partial charge in [0, 0.05) is 0 Å². The molecule has 0 radical (unpaired) electrons. The minimum Gasteiger partial charge on any atom is -0.479 e. The molecule has 0 spiro atoms. The zero-order chi connectivity index (χ0) is 17.8. The van der Waals surface area contributed by atoms with Crippen LogP contribution in [0.1, 0.15) is 23.2 Å². The quantitative estimate of drug-likeness (QED) is 0.669. The zero-order valence-corrected chi connectivity index (χ0v) is 13.4. The lowest BCUT2D eigenvalue weighted by molar-refractivity contribution is -0.142. The summed E-state index contributed by atoms with van der Waals surface area (Å²) in [4.78, 5) is 24.3. The Labute approximate surface area is 145 Å². The molecule has 3 rings (SSSR count). The second kappa shape index (κ2) is 7.15. The van der Waals surface area contributed by atoms with E-state index in [9.17, 15) is 14.7 Å². The lowest BCUT2D eigenvalue weighted by Crippen LogP contribution is -2.39. The highest BCUT2D eigenvalue weighted by Crippen LogP contribution is 2.25. The highest BCUT2D eigenvalue weighted by Gasteiger charge is 2.26. The minimum absolute atomic E-state index is 0.527. The molecule has 25 heavy (non-hydrogen) atoms. The average Bonchev–Trinajstić information content (AvgIpc) is 2.65. The third-order valence-corrected chi connectivity index (χ3v) is 4.11. The molecule has 3 aromatic carbocycles. The topological polar surface area (TPSA) is 92.4 Å². The molecule has 0 heterocycles. The number of carbonyl (C=O) groups excluding carboxylic acids is 1. The first-order chi connectivity index (χ1) is 12.1. The first kappa shape index (κ1) is 16.7. The highest BCUT2D eigenvalue weighted by molar-refractivity contribution is 5.93. The van der Waals surface area contributed by atoms with Crippen molar-refractivity contribution in [3.05, 3.63) is 83.9 Å². The van der Waals surface area contributed by atoms with Gasteiger partial charge in [-0.3, -0.25) is 4.79 Å². The van der Waals surface area contributed by atoms with E-state index in [1.165, 1.54) is 0 Å². The Bertz CT molecular complexity index is 904. The van der Waals surface area contributed by atoms with Gasteiger partial charge in [-0.05, 0) is 21.9 Å². The first-order valence-corrected chi connectivity index (χ1v) is 7.89. The first-order valence-electron chi connectivity index (χ1n) is 7.89. The second-order valence-corrected chi connectivity index (χ2v) is 5.74. The van der Waals surface area contributed by atoms with Gasteiger partial charge in [-0.15, -0.1) is 0 Å². The number of hydrogen-bond acceptors (Lipinski definition) is 3. The number of aliphatic carboxylic acids is 1. The predicted molar refractivity (Wildman–Crippen MR) is 95.8 cm³/mol. The molecule has 0 aliphatic heterocycles. The molecule has 5 nitrogen and oxygen atoms in total. The lowest BCUT2D eigenvalue weighted by atomic mass is 9.98. The maximum atomic E-state index is 12.5. The van der Waals surface area contributed by atoms with Crippen LogP contribution < -0.4 is 11.1 Å². The van der Waals surface area contributed by atoms with Gasteiger partial charge in [0.2, 0.25) is 5.91 Å². The predicted octanol–water partition coefficient (Wildman–Crippen LogP) is 2.78. The van der Waals surface area contributed by atoms with Gasteiger partial charge in [0.1, 0.15) is 6.04 Å². The lowest BCUT2D eigenvalue weighted by Gasteiger charge is -2.19. The third-order valence-electron chi connectivity index (χ3n) is 4.11.